The summed E-state index contributed by atoms with van der Waals surface area (Å²) in [5.41, 5.74) is 3.24. The summed E-state index contributed by atoms with van der Waals surface area (Å²) in [6, 6.07) is 21.0. The quantitative estimate of drug-likeness (QED) is 0.739. The van der Waals surface area contributed by atoms with Gasteiger partial charge in [-0.15, -0.1) is 0 Å². The Balaban J connectivity index is 2.22. The van der Waals surface area contributed by atoms with Crippen molar-refractivity contribution in [1.82, 2.24) is 0 Å². The summed E-state index contributed by atoms with van der Waals surface area (Å²) in [6.07, 6.45) is 3.62. The van der Waals surface area contributed by atoms with Crippen LogP contribution in [0.25, 0.3) is 0 Å². The lowest BCUT2D eigenvalue weighted by molar-refractivity contribution is -0.116. The Morgan fingerprint density at radius 3 is 1.80 bits per heavy atom. The third-order valence-electron chi connectivity index (χ3n) is 4.23. The second kappa shape index (κ2) is 5.09. The maximum atomic E-state index is 11.9. The molecule has 2 aromatic rings. The van der Waals surface area contributed by atoms with Crippen LogP contribution in [0.1, 0.15) is 30.9 Å². The fraction of sp³-hybridized carbons (Fsp3) is 0.211. The molecular formula is C19H18O. The SMILES string of the molecule is CC1=[13CH]C(c2ccccc2)(c2ccccc2)CCC1=O. The van der Waals surface area contributed by atoms with Crippen molar-refractivity contribution in [2.75, 3.05) is 0 Å². The van der Waals surface area contributed by atoms with Gasteiger partial charge in [0.2, 0.25) is 0 Å². The molecule has 20 heavy (non-hydrogen) atoms. The molecule has 0 radical (unpaired) electrons. The van der Waals surface area contributed by atoms with Crippen molar-refractivity contribution in [3.05, 3.63) is 83.4 Å². The molecule has 0 atom stereocenters. The van der Waals surface area contributed by atoms with Gasteiger partial charge in [0, 0.05) is 11.8 Å². The molecule has 1 nitrogen and oxygen atoms in total. The fourth-order valence-electron chi connectivity index (χ4n) is 3.12. The van der Waals surface area contributed by atoms with Crippen LogP contribution < -0.4 is 0 Å². The summed E-state index contributed by atoms with van der Waals surface area (Å²) in [4.78, 5) is 11.9. The minimum absolute atomic E-state index is 0.166. The maximum absolute atomic E-state index is 11.9. The Morgan fingerprint density at radius 1 is 0.850 bits per heavy atom. The number of hydrogen-bond donors (Lipinski definition) is 0. The van der Waals surface area contributed by atoms with Crippen LogP contribution in [-0.2, 0) is 10.2 Å². The van der Waals surface area contributed by atoms with E-state index in [1.165, 1.54) is 11.1 Å². The average Bonchev–Trinajstić information content (AvgIpc) is 2.52. The van der Waals surface area contributed by atoms with Crippen molar-refractivity contribution in [2.24, 2.45) is 0 Å². The van der Waals surface area contributed by atoms with E-state index in [1.807, 2.05) is 19.1 Å². The van der Waals surface area contributed by atoms with Crippen LogP contribution in [0.2, 0.25) is 0 Å². The lowest BCUT2D eigenvalue weighted by Crippen LogP contribution is -2.30. The van der Waals surface area contributed by atoms with E-state index in [2.05, 4.69) is 54.6 Å². The molecule has 0 unspecified atom stereocenters. The summed E-state index contributed by atoms with van der Waals surface area (Å²) in [5.74, 6) is 0.271. The van der Waals surface area contributed by atoms with Crippen molar-refractivity contribution >= 4 is 5.78 Å². The lowest BCUT2D eigenvalue weighted by atomic mass is 9.73. The van der Waals surface area contributed by atoms with E-state index in [0.29, 0.717) is 6.42 Å². The van der Waals surface area contributed by atoms with Crippen LogP contribution in [0.4, 0.5) is 0 Å². The third-order valence-corrected chi connectivity index (χ3v) is 4.23. The predicted molar refractivity (Wildman–Crippen MR) is 81.7 cm³/mol. The van der Waals surface area contributed by atoms with Gasteiger partial charge in [-0.1, -0.05) is 66.7 Å². The number of carbonyl (C=O) groups is 1. The smallest absolute Gasteiger partial charge is 0.158 e. The standard InChI is InChI=1S/C19H18O/c1-15-14-19(13-12-18(15)20,16-8-4-2-5-9-16)17-10-6-3-7-11-17/h2-11,14H,12-13H2,1H3/i14+1. The molecule has 2 aromatic carbocycles. The Kier molecular flexibility index (Phi) is 3.27. The van der Waals surface area contributed by atoms with Crippen LogP contribution in [0.5, 0.6) is 0 Å². The number of benzene rings is 2. The molecule has 0 aliphatic heterocycles. The predicted octanol–water partition coefficient (Wildman–Crippen LogP) is 4.28. The van der Waals surface area contributed by atoms with Gasteiger partial charge >= 0.3 is 0 Å². The zero-order valence-electron chi connectivity index (χ0n) is 11.7. The summed E-state index contributed by atoms with van der Waals surface area (Å²) in [7, 11) is 0. The molecule has 0 N–H and O–H groups in total. The topological polar surface area (TPSA) is 17.1 Å². The number of ketones is 1. The molecule has 0 aromatic heterocycles. The van der Waals surface area contributed by atoms with E-state index < -0.39 is 0 Å². The van der Waals surface area contributed by atoms with E-state index in [0.717, 1.165) is 12.0 Å². The molecule has 0 spiro atoms. The van der Waals surface area contributed by atoms with Crippen LogP contribution in [-0.4, -0.2) is 5.78 Å². The number of Topliss-reactive ketones (excluding diaryl/α,β-unsaturated/α-hetero) is 1. The summed E-state index contributed by atoms with van der Waals surface area (Å²) >= 11 is 0. The zero-order chi connectivity index (χ0) is 14.0. The maximum Gasteiger partial charge on any atom is 0.158 e. The Bertz CT molecular complexity index is 598. The first-order chi connectivity index (χ1) is 9.72. The van der Waals surface area contributed by atoms with Gasteiger partial charge in [-0.3, -0.25) is 4.79 Å². The molecule has 1 aliphatic rings. The van der Waals surface area contributed by atoms with E-state index >= 15 is 0 Å². The molecular weight excluding hydrogens is 245 g/mol. The molecule has 0 fully saturated rings. The highest BCUT2D eigenvalue weighted by Crippen LogP contribution is 2.41. The van der Waals surface area contributed by atoms with Gasteiger partial charge in [-0.2, -0.15) is 0 Å². The molecule has 100 valence electrons. The number of allylic oxidation sites excluding steroid dienone is 2. The number of carbonyl (C=O) groups excluding carboxylic acids is 1. The van der Waals surface area contributed by atoms with E-state index in [1.54, 1.807) is 0 Å². The second-order valence-corrected chi connectivity index (χ2v) is 5.45. The lowest BCUT2D eigenvalue weighted by Gasteiger charge is -2.35. The minimum atomic E-state index is -0.166. The molecule has 0 amide bonds. The Hall–Kier alpha value is -2.15. The molecule has 1 aliphatic carbocycles. The summed E-state index contributed by atoms with van der Waals surface area (Å²) < 4.78 is 0. The fourth-order valence-corrected chi connectivity index (χ4v) is 3.12. The van der Waals surface area contributed by atoms with Crippen LogP contribution in [0, 0.1) is 0 Å². The highest BCUT2D eigenvalue weighted by molar-refractivity contribution is 5.96. The first-order valence-electron chi connectivity index (χ1n) is 7.06. The second-order valence-electron chi connectivity index (χ2n) is 5.45. The van der Waals surface area contributed by atoms with Gasteiger partial charge < -0.3 is 0 Å². The van der Waals surface area contributed by atoms with Gasteiger partial charge in [0.25, 0.3) is 0 Å². The van der Waals surface area contributed by atoms with Crippen LogP contribution in [0.15, 0.2) is 72.3 Å². The largest absolute Gasteiger partial charge is 0.295 e. The van der Waals surface area contributed by atoms with Crippen molar-refractivity contribution in [2.45, 2.75) is 25.2 Å². The normalized spacial score (nSPS) is 17.6. The number of hydrogen-bond acceptors (Lipinski definition) is 1. The van der Waals surface area contributed by atoms with Crippen LogP contribution >= 0.6 is 0 Å². The van der Waals surface area contributed by atoms with Gasteiger partial charge in [-0.25, -0.2) is 0 Å². The summed E-state index contributed by atoms with van der Waals surface area (Å²) in [6.45, 7) is 1.93. The van der Waals surface area contributed by atoms with E-state index in [-0.39, 0.29) is 11.2 Å². The molecule has 0 bridgehead atoms. The molecule has 0 heterocycles. The van der Waals surface area contributed by atoms with Crippen molar-refractivity contribution in [3.63, 3.8) is 0 Å². The van der Waals surface area contributed by atoms with Crippen molar-refractivity contribution < 1.29 is 4.79 Å². The van der Waals surface area contributed by atoms with Crippen LogP contribution in [0.3, 0.4) is 0 Å². The van der Waals surface area contributed by atoms with E-state index in [9.17, 15) is 4.79 Å². The highest BCUT2D eigenvalue weighted by Gasteiger charge is 2.36. The third kappa shape index (κ3) is 2.09. The molecule has 3 rings (SSSR count). The van der Waals surface area contributed by atoms with Gasteiger partial charge in [0.1, 0.15) is 0 Å². The summed E-state index contributed by atoms with van der Waals surface area (Å²) in [5, 5.41) is 0. The van der Waals surface area contributed by atoms with Crippen molar-refractivity contribution in [1.29, 1.82) is 0 Å². The highest BCUT2D eigenvalue weighted by atomic mass is 16.1. The molecule has 0 saturated carbocycles. The van der Waals surface area contributed by atoms with Gasteiger partial charge in [0.05, 0.1) is 0 Å². The van der Waals surface area contributed by atoms with Gasteiger partial charge in [-0.05, 0) is 30.0 Å². The minimum Gasteiger partial charge on any atom is -0.295 e. The van der Waals surface area contributed by atoms with Crippen molar-refractivity contribution in [3.8, 4) is 0 Å². The Labute approximate surface area is 120 Å². The monoisotopic (exact) mass is 263 g/mol. The first-order valence-corrected chi connectivity index (χ1v) is 7.06. The average molecular weight is 263 g/mol. The van der Waals surface area contributed by atoms with Gasteiger partial charge in [0.15, 0.2) is 5.78 Å². The first kappa shape index (κ1) is 12.9. The molecule has 1 heteroatoms. The Morgan fingerprint density at radius 2 is 1.35 bits per heavy atom. The van der Waals surface area contributed by atoms with E-state index in [4.69, 9.17) is 0 Å². The zero-order valence-corrected chi connectivity index (χ0v) is 11.7. The number of rotatable bonds is 2. The molecule has 0 saturated heterocycles.